The Bertz CT molecular complexity index is 752. The summed E-state index contributed by atoms with van der Waals surface area (Å²) in [7, 11) is 0. The van der Waals surface area contributed by atoms with Crippen molar-refractivity contribution in [1.29, 1.82) is 0 Å². The quantitative estimate of drug-likeness (QED) is 0.405. The van der Waals surface area contributed by atoms with Crippen molar-refractivity contribution < 1.29 is 9.63 Å². The summed E-state index contributed by atoms with van der Waals surface area (Å²) in [6.45, 7) is 10.8. The number of benzene rings is 1. The van der Waals surface area contributed by atoms with Crippen molar-refractivity contribution in [2.75, 3.05) is 0 Å². The second-order valence-corrected chi connectivity index (χ2v) is 6.67. The van der Waals surface area contributed by atoms with Crippen molar-refractivity contribution >= 4 is 11.8 Å². The summed E-state index contributed by atoms with van der Waals surface area (Å²) in [6, 6.07) is 9.09. The maximum absolute atomic E-state index is 12.1. The van der Waals surface area contributed by atoms with Gasteiger partial charge in [-0.25, -0.2) is 4.79 Å². The number of hydrogen-bond acceptors (Lipinski definition) is 4. The highest BCUT2D eigenvalue weighted by atomic mass is 16.7. The van der Waals surface area contributed by atoms with Gasteiger partial charge >= 0.3 is 5.97 Å². The number of carbonyl (C=O) groups excluding carboxylic acids is 1. The Morgan fingerprint density at radius 2 is 1.92 bits per heavy atom. The van der Waals surface area contributed by atoms with E-state index in [-0.39, 0.29) is 11.3 Å². The van der Waals surface area contributed by atoms with Crippen LogP contribution in [0.1, 0.15) is 55.0 Å². The largest absolute Gasteiger partial charge is 0.379 e. The van der Waals surface area contributed by atoms with Crippen LogP contribution in [0.4, 0.5) is 0 Å². The molecule has 0 saturated carbocycles. The summed E-state index contributed by atoms with van der Waals surface area (Å²) in [5, 5.41) is 8.03. The molecule has 0 spiro atoms. The first-order chi connectivity index (χ1) is 11.2. The predicted octanol–water partition coefficient (Wildman–Crippen LogP) is 2.99. The van der Waals surface area contributed by atoms with Crippen molar-refractivity contribution in [2.45, 2.75) is 46.6 Å². The van der Waals surface area contributed by atoms with Gasteiger partial charge in [-0.15, -0.1) is 0 Å². The van der Waals surface area contributed by atoms with E-state index in [9.17, 15) is 4.79 Å². The zero-order chi connectivity index (χ0) is 17.9. The van der Waals surface area contributed by atoms with Gasteiger partial charge in [-0.3, -0.25) is 4.68 Å². The number of aryl methyl sites for hydroxylation is 2. The molecule has 0 aliphatic heterocycles. The van der Waals surface area contributed by atoms with E-state index in [1.807, 2.05) is 26.0 Å². The molecule has 6 nitrogen and oxygen atoms in total. The van der Waals surface area contributed by atoms with Gasteiger partial charge < -0.3 is 10.6 Å². The lowest BCUT2D eigenvalue weighted by Crippen LogP contribution is -2.20. The highest BCUT2D eigenvalue weighted by Crippen LogP contribution is 2.22. The van der Waals surface area contributed by atoms with Crippen molar-refractivity contribution in [3.05, 3.63) is 52.8 Å². The Labute approximate surface area is 142 Å². The van der Waals surface area contributed by atoms with Crippen LogP contribution in [0.15, 0.2) is 35.5 Å². The van der Waals surface area contributed by atoms with Gasteiger partial charge in [0.2, 0.25) is 0 Å². The van der Waals surface area contributed by atoms with E-state index in [1.165, 1.54) is 0 Å². The van der Waals surface area contributed by atoms with E-state index in [4.69, 9.17) is 10.6 Å². The highest BCUT2D eigenvalue weighted by molar-refractivity contribution is 5.97. The molecule has 0 saturated heterocycles. The Kier molecular flexibility index (Phi) is 5.07. The van der Waals surface area contributed by atoms with Crippen molar-refractivity contribution in [1.82, 2.24) is 9.78 Å². The van der Waals surface area contributed by atoms with E-state index in [1.54, 1.807) is 22.9 Å². The Morgan fingerprint density at radius 1 is 1.29 bits per heavy atom. The van der Waals surface area contributed by atoms with E-state index in [0.717, 1.165) is 11.3 Å². The van der Waals surface area contributed by atoms with Gasteiger partial charge in [0.05, 0.1) is 11.3 Å². The average Bonchev–Trinajstić information content (AvgIpc) is 2.92. The molecular formula is C18H24N4O2. The monoisotopic (exact) mass is 328 g/mol. The predicted molar refractivity (Wildman–Crippen MR) is 93.9 cm³/mol. The molecule has 128 valence electrons. The van der Waals surface area contributed by atoms with Gasteiger partial charge in [0, 0.05) is 6.54 Å². The van der Waals surface area contributed by atoms with Crippen LogP contribution in [0.2, 0.25) is 0 Å². The number of amidine groups is 1. The Balaban J connectivity index is 2.11. The maximum atomic E-state index is 12.1. The summed E-state index contributed by atoms with van der Waals surface area (Å²) in [5.41, 5.74) is 8.97. The molecule has 24 heavy (non-hydrogen) atoms. The molecule has 1 aromatic carbocycles. The first-order valence-corrected chi connectivity index (χ1v) is 7.92. The summed E-state index contributed by atoms with van der Waals surface area (Å²) < 4.78 is 1.71. The molecule has 0 fully saturated rings. The second kappa shape index (κ2) is 6.86. The fourth-order valence-electron chi connectivity index (χ4n) is 2.29. The van der Waals surface area contributed by atoms with Crippen LogP contribution in [-0.4, -0.2) is 21.6 Å². The zero-order valence-corrected chi connectivity index (χ0v) is 14.8. The standard InChI is InChI=1S/C18H24N4O2/c1-6-22-15(11-12(2)20-22)16(19)21-24-17(23)13-7-9-14(10-8-13)18(3,4)5/h7-11H,6H2,1-5H3,(H2,19,21). The van der Waals surface area contributed by atoms with Crippen LogP contribution in [0.25, 0.3) is 0 Å². The smallest absolute Gasteiger partial charge is 0.365 e. The molecule has 0 bridgehead atoms. The van der Waals surface area contributed by atoms with Gasteiger partial charge in [0.25, 0.3) is 0 Å². The van der Waals surface area contributed by atoms with Crippen LogP contribution in [-0.2, 0) is 16.8 Å². The molecule has 1 aromatic heterocycles. The topological polar surface area (TPSA) is 82.5 Å². The van der Waals surface area contributed by atoms with E-state index in [0.29, 0.717) is 17.8 Å². The van der Waals surface area contributed by atoms with Gasteiger partial charge in [-0.1, -0.05) is 38.1 Å². The zero-order valence-electron chi connectivity index (χ0n) is 14.8. The molecule has 0 radical (unpaired) electrons. The lowest BCUT2D eigenvalue weighted by Gasteiger charge is -2.18. The minimum absolute atomic E-state index is 0.0292. The van der Waals surface area contributed by atoms with E-state index >= 15 is 0 Å². The SMILES string of the molecule is CCn1nc(C)cc1/C(N)=N\OC(=O)c1ccc(C(C)(C)C)cc1. The third-order valence-corrected chi connectivity index (χ3v) is 3.68. The van der Waals surface area contributed by atoms with Crippen LogP contribution in [0, 0.1) is 6.92 Å². The summed E-state index contributed by atoms with van der Waals surface area (Å²) in [6.07, 6.45) is 0. The summed E-state index contributed by atoms with van der Waals surface area (Å²) >= 11 is 0. The molecule has 6 heteroatoms. The average molecular weight is 328 g/mol. The van der Waals surface area contributed by atoms with Gasteiger partial charge in [0.1, 0.15) is 5.69 Å². The highest BCUT2D eigenvalue weighted by Gasteiger charge is 2.15. The number of hydrogen-bond donors (Lipinski definition) is 1. The first-order valence-electron chi connectivity index (χ1n) is 7.92. The molecule has 2 aromatic rings. The van der Waals surface area contributed by atoms with Crippen molar-refractivity contribution in [2.24, 2.45) is 10.9 Å². The van der Waals surface area contributed by atoms with E-state index < -0.39 is 5.97 Å². The number of rotatable bonds is 4. The van der Waals surface area contributed by atoms with Gasteiger partial charge in [-0.2, -0.15) is 5.10 Å². The van der Waals surface area contributed by atoms with E-state index in [2.05, 4.69) is 31.0 Å². The maximum Gasteiger partial charge on any atom is 0.365 e. The molecule has 0 aliphatic carbocycles. The fraction of sp³-hybridized carbons (Fsp3) is 0.389. The second-order valence-electron chi connectivity index (χ2n) is 6.67. The number of aromatic nitrogens is 2. The van der Waals surface area contributed by atoms with Gasteiger partial charge in [-0.05, 0) is 43.0 Å². The fourth-order valence-corrected chi connectivity index (χ4v) is 2.29. The van der Waals surface area contributed by atoms with Crippen LogP contribution >= 0.6 is 0 Å². The third kappa shape index (κ3) is 4.01. The Morgan fingerprint density at radius 3 is 2.46 bits per heavy atom. The lowest BCUT2D eigenvalue weighted by molar-refractivity contribution is 0.0515. The summed E-state index contributed by atoms with van der Waals surface area (Å²) in [4.78, 5) is 17.1. The van der Waals surface area contributed by atoms with Crippen LogP contribution in [0.3, 0.4) is 0 Å². The number of nitrogens with two attached hydrogens (primary N) is 1. The van der Waals surface area contributed by atoms with Crippen molar-refractivity contribution in [3.63, 3.8) is 0 Å². The normalized spacial score (nSPS) is 12.3. The minimum atomic E-state index is -0.544. The molecular weight excluding hydrogens is 304 g/mol. The molecule has 2 N–H and O–H groups in total. The Hall–Kier alpha value is -2.63. The molecule has 1 heterocycles. The molecule has 0 amide bonds. The number of carbonyl (C=O) groups is 1. The number of oxime groups is 1. The molecule has 0 aliphatic rings. The van der Waals surface area contributed by atoms with Crippen molar-refractivity contribution in [3.8, 4) is 0 Å². The summed E-state index contributed by atoms with van der Waals surface area (Å²) in [5.74, 6) is -0.421. The molecule has 2 rings (SSSR count). The minimum Gasteiger partial charge on any atom is -0.379 e. The van der Waals surface area contributed by atoms with Gasteiger partial charge in [0.15, 0.2) is 5.84 Å². The lowest BCUT2D eigenvalue weighted by atomic mass is 9.87. The first kappa shape index (κ1) is 17.7. The third-order valence-electron chi connectivity index (χ3n) is 3.68. The number of nitrogens with zero attached hydrogens (tertiary/aromatic N) is 3. The van der Waals surface area contributed by atoms with Crippen LogP contribution in [0.5, 0.6) is 0 Å². The van der Waals surface area contributed by atoms with Crippen LogP contribution < -0.4 is 5.73 Å². The molecule has 0 atom stereocenters. The molecule has 0 unspecified atom stereocenters.